The third kappa shape index (κ3) is 7.85. The van der Waals surface area contributed by atoms with Crippen LogP contribution in [0.4, 0.5) is 4.79 Å². The molecule has 0 bridgehead atoms. The van der Waals surface area contributed by atoms with Crippen LogP contribution in [-0.2, 0) is 17.7 Å². The average molecular weight is 334 g/mol. The van der Waals surface area contributed by atoms with Gasteiger partial charge in [0.15, 0.2) is 5.96 Å². The second-order valence-electron chi connectivity index (χ2n) is 6.40. The van der Waals surface area contributed by atoms with E-state index >= 15 is 0 Å². The fourth-order valence-electron chi connectivity index (χ4n) is 2.13. The summed E-state index contributed by atoms with van der Waals surface area (Å²) in [6.07, 6.45) is 0.591. The van der Waals surface area contributed by atoms with Crippen LogP contribution in [0.25, 0.3) is 0 Å². The summed E-state index contributed by atoms with van der Waals surface area (Å²) in [5, 5.41) is 9.15. The van der Waals surface area contributed by atoms with Crippen molar-refractivity contribution in [3.8, 4) is 0 Å². The Morgan fingerprint density at radius 3 is 2.29 bits per heavy atom. The number of rotatable bonds is 6. The summed E-state index contributed by atoms with van der Waals surface area (Å²) in [7, 11) is 1.72. The summed E-state index contributed by atoms with van der Waals surface area (Å²) >= 11 is 0. The lowest BCUT2D eigenvalue weighted by atomic mass is 10.1. The van der Waals surface area contributed by atoms with Crippen molar-refractivity contribution in [3.05, 3.63) is 35.4 Å². The summed E-state index contributed by atoms with van der Waals surface area (Å²) in [5.41, 5.74) is 2.10. The predicted molar refractivity (Wildman–Crippen MR) is 98.3 cm³/mol. The highest BCUT2D eigenvalue weighted by Gasteiger charge is 2.15. The molecule has 0 aliphatic carbocycles. The Morgan fingerprint density at radius 2 is 1.71 bits per heavy atom. The van der Waals surface area contributed by atoms with Gasteiger partial charge < -0.3 is 20.7 Å². The van der Waals surface area contributed by atoms with Crippen LogP contribution in [0, 0.1) is 0 Å². The molecule has 1 aromatic carbocycles. The highest BCUT2D eigenvalue weighted by molar-refractivity contribution is 5.79. The van der Waals surface area contributed by atoms with E-state index in [0.717, 1.165) is 6.42 Å². The number of benzene rings is 1. The van der Waals surface area contributed by atoms with Gasteiger partial charge in [-0.1, -0.05) is 31.2 Å². The molecule has 3 N–H and O–H groups in total. The molecule has 0 aliphatic heterocycles. The SMILES string of the molecule is CCc1ccccc1CNC(=NC)NCCNC(=O)OC(C)(C)C. The number of carbonyl (C=O) groups excluding carboxylic acids is 1. The number of amides is 1. The first-order chi connectivity index (χ1) is 11.4. The zero-order valence-electron chi connectivity index (χ0n) is 15.4. The number of hydrogen-bond donors (Lipinski definition) is 3. The quantitative estimate of drug-likeness (QED) is 0.424. The predicted octanol–water partition coefficient (Wildman–Crippen LogP) is 2.44. The van der Waals surface area contributed by atoms with Crippen LogP contribution in [0.2, 0.25) is 0 Å². The molecule has 0 aromatic heterocycles. The Balaban J connectivity index is 2.32. The minimum absolute atomic E-state index is 0.413. The van der Waals surface area contributed by atoms with Gasteiger partial charge in [0.2, 0.25) is 0 Å². The fourth-order valence-corrected chi connectivity index (χ4v) is 2.13. The first-order valence-electron chi connectivity index (χ1n) is 8.34. The van der Waals surface area contributed by atoms with Crippen molar-refractivity contribution in [1.82, 2.24) is 16.0 Å². The number of ether oxygens (including phenoxy) is 1. The summed E-state index contributed by atoms with van der Waals surface area (Å²) in [6, 6.07) is 8.34. The molecule has 1 aromatic rings. The number of aliphatic imine (C=N–C) groups is 1. The third-order valence-corrected chi connectivity index (χ3v) is 3.25. The molecule has 0 unspecified atom stereocenters. The lowest BCUT2D eigenvalue weighted by Crippen LogP contribution is -2.42. The van der Waals surface area contributed by atoms with Gasteiger partial charge in [-0.2, -0.15) is 0 Å². The van der Waals surface area contributed by atoms with Gasteiger partial charge in [-0.15, -0.1) is 0 Å². The highest BCUT2D eigenvalue weighted by Crippen LogP contribution is 2.08. The summed E-state index contributed by atoms with van der Waals surface area (Å²) in [5.74, 6) is 0.701. The zero-order valence-corrected chi connectivity index (χ0v) is 15.4. The first-order valence-corrected chi connectivity index (χ1v) is 8.34. The average Bonchev–Trinajstić information content (AvgIpc) is 2.52. The summed E-state index contributed by atoms with van der Waals surface area (Å²) < 4.78 is 5.18. The molecule has 0 saturated heterocycles. The lowest BCUT2D eigenvalue weighted by Gasteiger charge is -2.20. The number of aryl methyl sites for hydroxylation is 1. The number of nitrogens with one attached hydrogen (secondary N) is 3. The molecule has 0 saturated carbocycles. The molecule has 0 aliphatic rings. The van der Waals surface area contributed by atoms with E-state index in [4.69, 9.17) is 4.74 Å². The van der Waals surface area contributed by atoms with Gasteiger partial charge in [-0.25, -0.2) is 4.79 Å². The number of hydrogen-bond acceptors (Lipinski definition) is 3. The number of carbonyl (C=O) groups is 1. The van der Waals surface area contributed by atoms with Gasteiger partial charge in [-0.05, 0) is 38.3 Å². The normalized spacial score (nSPS) is 11.8. The Labute approximate surface area is 145 Å². The van der Waals surface area contributed by atoms with Crippen LogP contribution in [0.3, 0.4) is 0 Å². The molecule has 6 nitrogen and oxygen atoms in total. The maximum atomic E-state index is 11.5. The van der Waals surface area contributed by atoms with Crippen molar-refractivity contribution in [2.45, 2.75) is 46.3 Å². The third-order valence-electron chi connectivity index (χ3n) is 3.25. The lowest BCUT2D eigenvalue weighted by molar-refractivity contribution is 0.0529. The van der Waals surface area contributed by atoms with Crippen LogP contribution >= 0.6 is 0 Å². The molecule has 0 atom stereocenters. The van der Waals surface area contributed by atoms with Crippen LogP contribution in [-0.4, -0.2) is 37.8 Å². The Kier molecular flexibility index (Phi) is 8.09. The topological polar surface area (TPSA) is 74.8 Å². The minimum atomic E-state index is -0.484. The standard InChI is InChI=1S/C18H30N4O2/c1-6-14-9-7-8-10-15(14)13-22-16(19-5)20-11-12-21-17(23)24-18(2,3)4/h7-10H,6,11-13H2,1-5H3,(H,21,23)(H2,19,20,22). The second-order valence-corrected chi connectivity index (χ2v) is 6.40. The molecule has 0 fully saturated rings. The molecule has 1 amide bonds. The Hall–Kier alpha value is -2.24. The van der Waals surface area contributed by atoms with Crippen molar-refractivity contribution in [2.75, 3.05) is 20.1 Å². The maximum Gasteiger partial charge on any atom is 0.407 e. The van der Waals surface area contributed by atoms with Gasteiger partial charge in [0.05, 0.1) is 0 Å². The van der Waals surface area contributed by atoms with Gasteiger partial charge >= 0.3 is 6.09 Å². The van der Waals surface area contributed by atoms with Crippen molar-refractivity contribution in [1.29, 1.82) is 0 Å². The van der Waals surface area contributed by atoms with E-state index in [1.165, 1.54) is 11.1 Å². The van der Waals surface area contributed by atoms with E-state index in [-0.39, 0.29) is 0 Å². The molecule has 134 valence electrons. The smallest absolute Gasteiger partial charge is 0.407 e. The zero-order chi connectivity index (χ0) is 18.0. The highest BCUT2D eigenvalue weighted by atomic mass is 16.6. The Bertz CT molecular complexity index is 550. The number of nitrogens with zero attached hydrogens (tertiary/aromatic N) is 1. The molecular formula is C18H30N4O2. The van der Waals surface area contributed by atoms with E-state index in [9.17, 15) is 4.79 Å². The summed E-state index contributed by atoms with van der Waals surface area (Å²) in [6.45, 7) is 9.40. The van der Waals surface area contributed by atoms with Crippen LogP contribution in [0.1, 0.15) is 38.8 Å². The molecular weight excluding hydrogens is 304 g/mol. The molecule has 6 heteroatoms. The van der Waals surface area contributed by atoms with Crippen molar-refractivity contribution in [3.63, 3.8) is 0 Å². The molecule has 1 rings (SSSR count). The molecule has 0 radical (unpaired) electrons. The maximum absolute atomic E-state index is 11.5. The van der Waals surface area contributed by atoms with E-state index in [0.29, 0.717) is 25.6 Å². The summed E-state index contributed by atoms with van der Waals surface area (Å²) in [4.78, 5) is 15.7. The Morgan fingerprint density at radius 1 is 1.08 bits per heavy atom. The fraction of sp³-hybridized carbons (Fsp3) is 0.556. The van der Waals surface area contributed by atoms with Crippen molar-refractivity contribution >= 4 is 12.1 Å². The van der Waals surface area contributed by atoms with E-state index in [1.807, 2.05) is 26.8 Å². The minimum Gasteiger partial charge on any atom is -0.444 e. The van der Waals surface area contributed by atoms with Gasteiger partial charge in [0.25, 0.3) is 0 Å². The van der Waals surface area contributed by atoms with E-state index < -0.39 is 11.7 Å². The second kappa shape index (κ2) is 9.80. The first kappa shape index (κ1) is 19.8. The van der Waals surface area contributed by atoms with Gasteiger partial charge in [0.1, 0.15) is 5.60 Å². The van der Waals surface area contributed by atoms with E-state index in [1.54, 1.807) is 7.05 Å². The molecule has 24 heavy (non-hydrogen) atoms. The van der Waals surface area contributed by atoms with Crippen molar-refractivity contribution < 1.29 is 9.53 Å². The number of alkyl carbamates (subject to hydrolysis) is 1. The molecule has 0 heterocycles. The van der Waals surface area contributed by atoms with Crippen LogP contribution in [0.15, 0.2) is 29.3 Å². The largest absolute Gasteiger partial charge is 0.444 e. The number of guanidine groups is 1. The van der Waals surface area contributed by atoms with Crippen LogP contribution in [0.5, 0.6) is 0 Å². The molecule has 0 spiro atoms. The van der Waals surface area contributed by atoms with Gasteiger partial charge in [-0.3, -0.25) is 4.99 Å². The van der Waals surface area contributed by atoms with E-state index in [2.05, 4.69) is 46.1 Å². The van der Waals surface area contributed by atoms with Crippen LogP contribution < -0.4 is 16.0 Å². The van der Waals surface area contributed by atoms with Gasteiger partial charge in [0, 0.05) is 26.7 Å². The van der Waals surface area contributed by atoms with Crippen molar-refractivity contribution in [2.24, 2.45) is 4.99 Å². The monoisotopic (exact) mass is 334 g/mol.